The van der Waals surface area contributed by atoms with Crippen molar-refractivity contribution in [2.24, 2.45) is 10.9 Å². The van der Waals surface area contributed by atoms with Gasteiger partial charge in [0.1, 0.15) is 0 Å². The van der Waals surface area contributed by atoms with Gasteiger partial charge in [-0.15, -0.1) is 0 Å². The van der Waals surface area contributed by atoms with E-state index < -0.39 is 0 Å². The highest BCUT2D eigenvalue weighted by atomic mass is 16.2. The predicted molar refractivity (Wildman–Crippen MR) is 114 cm³/mol. The lowest BCUT2D eigenvalue weighted by molar-refractivity contribution is -0.133. The number of aromatic nitrogens is 1. The van der Waals surface area contributed by atoms with Gasteiger partial charge in [0, 0.05) is 49.7 Å². The third-order valence-corrected chi connectivity index (χ3v) is 5.05. The number of likely N-dealkylation sites (tertiary alicyclic amines) is 1. The second-order valence-electron chi connectivity index (χ2n) is 7.57. The minimum absolute atomic E-state index is 0.0509. The molecule has 1 aliphatic heterocycles. The lowest BCUT2D eigenvalue weighted by atomic mass is 10.1. The van der Waals surface area contributed by atoms with E-state index in [0.717, 1.165) is 49.3 Å². The third kappa shape index (κ3) is 5.00. The minimum atomic E-state index is 0.0509. The highest BCUT2D eigenvalue weighted by Gasteiger charge is 2.27. The van der Waals surface area contributed by atoms with Crippen molar-refractivity contribution in [2.45, 2.75) is 39.7 Å². The number of amides is 1. The van der Waals surface area contributed by atoms with Gasteiger partial charge in [0.25, 0.3) is 0 Å². The molecule has 150 valence electrons. The van der Waals surface area contributed by atoms with E-state index in [9.17, 15) is 4.79 Å². The monoisotopic (exact) mass is 381 g/mol. The molecule has 2 aromatic rings. The lowest BCUT2D eigenvalue weighted by Crippen LogP contribution is -2.45. The molecule has 0 bridgehead atoms. The number of carbonyl (C=O) groups is 1. The highest BCUT2D eigenvalue weighted by Crippen LogP contribution is 2.16. The number of rotatable bonds is 6. The lowest BCUT2D eigenvalue weighted by Gasteiger charge is -2.20. The molecule has 0 saturated carbocycles. The Kier molecular flexibility index (Phi) is 6.85. The molecule has 2 N–H and O–H groups in total. The number of para-hydroxylation sites is 1. The molecule has 28 heavy (non-hydrogen) atoms. The Morgan fingerprint density at radius 3 is 2.93 bits per heavy atom. The Morgan fingerprint density at radius 1 is 1.32 bits per heavy atom. The first-order chi connectivity index (χ1) is 13.6. The second kappa shape index (κ2) is 9.53. The number of hydrogen-bond donors (Lipinski definition) is 2. The highest BCUT2D eigenvalue weighted by molar-refractivity contribution is 5.82. The van der Waals surface area contributed by atoms with Crippen LogP contribution in [0.25, 0.3) is 10.9 Å². The van der Waals surface area contributed by atoms with Gasteiger partial charge in [-0.2, -0.15) is 0 Å². The van der Waals surface area contributed by atoms with Crippen molar-refractivity contribution in [3.63, 3.8) is 0 Å². The summed E-state index contributed by atoms with van der Waals surface area (Å²) in [5.74, 6) is 1.10. The van der Waals surface area contributed by atoms with E-state index in [2.05, 4.69) is 46.8 Å². The van der Waals surface area contributed by atoms with Crippen molar-refractivity contribution in [3.8, 4) is 0 Å². The summed E-state index contributed by atoms with van der Waals surface area (Å²) < 4.78 is 0. The van der Waals surface area contributed by atoms with Gasteiger partial charge >= 0.3 is 0 Å². The van der Waals surface area contributed by atoms with Crippen LogP contribution in [0.5, 0.6) is 0 Å². The van der Waals surface area contributed by atoms with Crippen LogP contribution in [0.4, 0.5) is 0 Å². The van der Waals surface area contributed by atoms with Crippen LogP contribution in [-0.4, -0.2) is 54.0 Å². The molecular formula is C22H31N5O. The van der Waals surface area contributed by atoms with Gasteiger partial charge in [0.05, 0.1) is 5.52 Å². The van der Waals surface area contributed by atoms with Gasteiger partial charge in [-0.05, 0) is 31.4 Å². The molecule has 1 aromatic carbocycles. The molecule has 0 radical (unpaired) electrons. The number of benzene rings is 1. The van der Waals surface area contributed by atoms with Crippen molar-refractivity contribution in [3.05, 3.63) is 42.1 Å². The summed E-state index contributed by atoms with van der Waals surface area (Å²) in [5, 5.41) is 7.97. The van der Waals surface area contributed by atoms with Crippen molar-refractivity contribution in [1.82, 2.24) is 20.5 Å². The van der Waals surface area contributed by atoms with Crippen LogP contribution in [0.3, 0.4) is 0 Å². The topological polar surface area (TPSA) is 69.6 Å². The van der Waals surface area contributed by atoms with Crippen LogP contribution >= 0.6 is 0 Å². The molecule has 0 spiro atoms. The molecule has 6 heteroatoms. The third-order valence-electron chi connectivity index (χ3n) is 5.05. The summed E-state index contributed by atoms with van der Waals surface area (Å²) in [4.78, 5) is 23.4. The van der Waals surface area contributed by atoms with Gasteiger partial charge in [0.15, 0.2) is 5.96 Å². The van der Waals surface area contributed by atoms with E-state index in [0.29, 0.717) is 6.54 Å². The molecule has 1 unspecified atom stereocenters. The standard InChI is InChI=1S/C22H31N5O/c1-4-23-22(26-19-11-14-27(15-19)21(28)16(2)3)25-13-10-18-8-5-7-17-9-6-12-24-20(17)18/h5-9,12,16,19H,4,10-11,13-15H2,1-3H3,(H2,23,25,26). The zero-order chi connectivity index (χ0) is 19.9. The number of aliphatic imine (C=N–C) groups is 1. The zero-order valence-electron chi connectivity index (χ0n) is 17.1. The van der Waals surface area contributed by atoms with Gasteiger partial charge in [0.2, 0.25) is 5.91 Å². The summed E-state index contributed by atoms with van der Waals surface area (Å²) in [6.45, 7) is 9.03. The summed E-state index contributed by atoms with van der Waals surface area (Å²) in [6, 6.07) is 10.6. The van der Waals surface area contributed by atoms with Crippen LogP contribution in [0.2, 0.25) is 0 Å². The first-order valence-corrected chi connectivity index (χ1v) is 10.2. The van der Waals surface area contributed by atoms with E-state index in [-0.39, 0.29) is 17.9 Å². The number of pyridine rings is 1. The summed E-state index contributed by atoms with van der Waals surface area (Å²) in [6.07, 6.45) is 3.63. The molecule has 1 atom stereocenters. The maximum atomic E-state index is 12.2. The Bertz CT molecular complexity index is 827. The smallest absolute Gasteiger partial charge is 0.225 e. The second-order valence-corrected chi connectivity index (χ2v) is 7.57. The number of fused-ring (bicyclic) bond motifs is 1. The number of nitrogens with zero attached hydrogens (tertiary/aromatic N) is 3. The molecule has 6 nitrogen and oxygen atoms in total. The van der Waals surface area contributed by atoms with Crippen molar-refractivity contribution in [2.75, 3.05) is 26.2 Å². The summed E-state index contributed by atoms with van der Waals surface area (Å²) >= 11 is 0. The van der Waals surface area contributed by atoms with Gasteiger partial charge in [-0.3, -0.25) is 14.8 Å². The first-order valence-electron chi connectivity index (χ1n) is 10.2. The normalized spacial score (nSPS) is 17.4. The quantitative estimate of drug-likeness (QED) is 0.596. The van der Waals surface area contributed by atoms with E-state index in [1.54, 1.807) is 0 Å². The van der Waals surface area contributed by atoms with Gasteiger partial charge in [-0.1, -0.05) is 38.1 Å². The van der Waals surface area contributed by atoms with Crippen LogP contribution < -0.4 is 10.6 Å². The summed E-state index contributed by atoms with van der Waals surface area (Å²) in [7, 11) is 0. The number of hydrogen-bond acceptors (Lipinski definition) is 3. The van der Waals surface area contributed by atoms with E-state index >= 15 is 0 Å². The zero-order valence-corrected chi connectivity index (χ0v) is 17.1. The average molecular weight is 382 g/mol. The van der Waals surface area contributed by atoms with Crippen LogP contribution in [0.15, 0.2) is 41.5 Å². The number of carbonyl (C=O) groups excluding carboxylic acids is 1. The maximum Gasteiger partial charge on any atom is 0.225 e. The predicted octanol–water partition coefficient (Wildman–Crippen LogP) is 2.59. The van der Waals surface area contributed by atoms with Gasteiger partial charge in [-0.25, -0.2) is 0 Å². The molecule has 1 fully saturated rings. The molecular weight excluding hydrogens is 350 g/mol. The van der Waals surface area contributed by atoms with E-state index in [1.165, 1.54) is 5.56 Å². The fraction of sp³-hybridized carbons (Fsp3) is 0.500. The Balaban J connectivity index is 1.59. The first kappa shape index (κ1) is 20.1. The fourth-order valence-corrected chi connectivity index (χ4v) is 3.61. The molecule has 1 amide bonds. The molecule has 2 heterocycles. The van der Waals surface area contributed by atoms with Crippen molar-refractivity contribution in [1.29, 1.82) is 0 Å². The number of guanidine groups is 1. The SMILES string of the molecule is CCNC(=NCCc1cccc2cccnc12)NC1CCN(C(=O)C(C)C)C1. The fourth-order valence-electron chi connectivity index (χ4n) is 3.61. The van der Waals surface area contributed by atoms with E-state index in [4.69, 9.17) is 4.99 Å². The Hall–Kier alpha value is -2.63. The Labute approximate surface area is 167 Å². The summed E-state index contributed by atoms with van der Waals surface area (Å²) in [5.41, 5.74) is 2.27. The van der Waals surface area contributed by atoms with Crippen LogP contribution in [-0.2, 0) is 11.2 Å². The van der Waals surface area contributed by atoms with Crippen LogP contribution in [0.1, 0.15) is 32.8 Å². The molecule has 3 rings (SSSR count). The van der Waals surface area contributed by atoms with Gasteiger partial charge < -0.3 is 15.5 Å². The van der Waals surface area contributed by atoms with E-state index in [1.807, 2.05) is 31.0 Å². The number of nitrogens with one attached hydrogen (secondary N) is 2. The largest absolute Gasteiger partial charge is 0.357 e. The minimum Gasteiger partial charge on any atom is -0.357 e. The van der Waals surface area contributed by atoms with Crippen molar-refractivity contribution < 1.29 is 4.79 Å². The van der Waals surface area contributed by atoms with Crippen molar-refractivity contribution >= 4 is 22.8 Å². The molecule has 0 aliphatic carbocycles. The Morgan fingerprint density at radius 2 is 2.14 bits per heavy atom. The molecule has 1 aromatic heterocycles. The molecule has 1 saturated heterocycles. The van der Waals surface area contributed by atoms with Crippen LogP contribution in [0, 0.1) is 5.92 Å². The average Bonchev–Trinajstić information content (AvgIpc) is 3.16. The molecule has 1 aliphatic rings. The maximum absolute atomic E-state index is 12.2.